The maximum absolute atomic E-state index is 9.89. The van der Waals surface area contributed by atoms with Crippen molar-refractivity contribution in [3.8, 4) is 0 Å². The number of imidazole rings is 1. The van der Waals surface area contributed by atoms with Crippen molar-refractivity contribution >= 4 is 6.29 Å². The number of aliphatic hydroxyl groups is 1. The van der Waals surface area contributed by atoms with E-state index in [4.69, 9.17) is 5.11 Å². The number of hydrogen-bond donors (Lipinski definition) is 2. The molecule has 1 aromatic rings. The van der Waals surface area contributed by atoms with E-state index in [2.05, 4.69) is 9.97 Å². The van der Waals surface area contributed by atoms with E-state index >= 15 is 0 Å². The summed E-state index contributed by atoms with van der Waals surface area (Å²) in [5.74, 6) is 0.282. The number of nitrogens with zero attached hydrogens (tertiary/aromatic N) is 1. The van der Waals surface area contributed by atoms with Crippen LogP contribution in [0.3, 0.4) is 0 Å². The number of hydrogen-bond acceptors (Lipinski definition) is 3. The Morgan fingerprint density at radius 1 is 1.89 bits per heavy atom. The van der Waals surface area contributed by atoms with E-state index in [9.17, 15) is 4.79 Å². The summed E-state index contributed by atoms with van der Waals surface area (Å²) in [7, 11) is 0. The number of rotatable bonds is 2. The molecule has 0 saturated heterocycles. The molecule has 1 aromatic heterocycles. The molecule has 1 rings (SSSR count). The van der Waals surface area contributed by atoms with E-state index in [1.54, 1.807) is 6.20 Å². The summed E-state index contributed by atoms with van der Waals surface area (Å²) in [6.07, 6.45) is 2.32. The van der Waals surface area contributed by atoms with Crippen LogP contribution in [-0.2, 0) is 4.79 Å². The molecule has 0 aliphatic carbocycles. The van der Waals surface area contributed by atoms with E-state index in [0.29, 0.717) is 6.29 Å². The number of aromatic nitrogens is 2. The van der Waals surface area contributed by atoms with Gasteiger partial charge in [0.05, 0.1) is 0 Å². The standard InChI is InChI=1S/C5H6N2O2/c8-3-4(9)5-6-1-2-7-5/h1-4,9H,(H,6,7). The molecule has 1 unspecified atom stereocenters. The van der Waals surface area contributed by atoms with Crippen LogP contribution < -0.4 is 0 Å². The van der Waals surface area contributed by atoms with Gasteiger partial charge in [-0.2, -0.15) is 0 Å². The molecule has 1 heterocycles. The van der Waals surface area contributed by atoms with Crippen LogP contribution >= 0.6 is 0 Å². The van der Waals surface area contributed by atoms with Crippen molar-refractivity contribution in [3.05, 3.63) is 18.2 Å². The molecule has 1 atom stereocenters. The Kier molecular flexibility index (Phi) is 1.60. The third-order valence-corrected chi connectivity index (χ3v) is 0.928. The van der Waals surface area contributed by atoms with Crippen LogP contribution in [0.5, 0.6) is 0 Å². The molecule has 48 valence electrons. The summed E-state index contributed by atoms with van der Waals surface area (Å²) >= 11 is 0. The monoisotopic (exact) mass is 126 g/mol. The van der Waals surface area contributed by atoms with Crippen LogP contribution in [0.2, 0.25) is 0 Å². The molecular formula is C5H6N2O2. The smallest absolute Gasteiger partial charge is 0.167 e. The fourth-order valence-corrected chi connectivity index (χ4v) is 0.504. The van der Waals surface area contributed by atoms with Gasteiger partial charge < -0.3 is 10.1 Å². The first-order valence-electron chi connectivity index (χ1n) is 2.47. The summed E-state index contributed by atoms with van der Waals surface area (Å²) in [5, 5.41) is 8.76. The predicted molar refractivity (Wildman–Crippen MR) is 29.6 cm³/mol. The van der Waals surface area contributed by atoms with Crippen molar-refractivity contribution in [2.24, 2.45) is 0 Å². The quantitative estimate of drug-likeness (QED) is 0.532. The van der Waals surface area contributed by atoms with Gasteiger partial charge in [0.1, 0.15) is 5.82 Å². The fourth-order valence-electron chi connectivity index (χ4n) is 0.504. The van der Waals surface area contributed by atoms with Crippen LogP contribution in [0.4, 0.5) is 0 Å². The van der Waals surface area contributed by atoms with Crippen LogP contribution in [0, 0.1) is 0 Å². The van der Waals surface area contributed by atoms with E-state index < -0.39 is 6.10 Å². The van der Waals surface area contributed by atoms with Gasteiger partial charge in [-0.25, -0.2) is 4.98 Å². The van der Waals surface area contributed by atoms with E-state index in [-0.39, 0.29) is 5.82 Å². The molecule has 4 nitrogen and oxygen atoms in total. The van der Waals surface area contributed by atoms with Crippen LogP contribution in [-0.4, -0.2) is 21.4 Å². The van der Waals surface area contributed by atoms with Crippen molar-refractivity contribution in [1.82, 2.24) is 9.97 Å². The van der Waals surface area contributed by atoms with Gasteiger partial charge in [0.15, 0.2) is 12.4 Å². The highest BCUT2D eigenvalue weighted by Crippen LogP contribution is 2.00. The second kappa shape index (κ2) is 2.41. The Morgan fingerprint density at radius 2 is 2.67 bits per heavy atom. The highest BCUT2D eigenvalue weighted by Gasteiger charge is 2.05. The Balaban J connectivity index is 2.76. The average Bonchev–Trinajstić information content (AvgIpc) is 2.37. The molecule has 0 radical (unpaired) electrons. The molecule has 0 fully saturated rings. The molecule has 4 heteroatoms. The molecular weight excluding hydrogens is 120 g/mol. The molecule has 0 amide bonds. The lowest BCUT2D eigenvalue weighted by Crippen LogP contribution is -1.99. The minimum Gasteiger partial charge on any atom is -0.378 e. The SMILES string of the molecule is O=CC(O)c1ncc[nH]1. The number of aliphatic hydroxyl groups excluding tert-OH is 1. The lowest BCUT2D eigenvalue weighted by Gasteiger charge is -1.93. The van der Waals surface area contributed by atoms with Crippen LogP contribution in [0.25, 0.3) is 0 Å². The fraction of sp³-hybridized carbons (Fsp3) is 0.200. The second-order valence-electron chi connectivity index (χ2n) is 1.56. The van der Waals surface area contributed by atoms with Gasteiger partial charge in [-0.1, -0.05) is 0 Å². The number of carbonyl (C=O) groups is 1. The summed E-state index contributed by atoms with van der Waals surface area (Å²) in [6.45, 7) is 0. The molecule has 2 N–H and O–H groups in total. The highest BCUT2D eigenvalue weighted by molar-refractivity contribution is 5.57. The second-order valence-corrected chi connectivity index (χ2v) is 1.56. The summed E-state index contributed by atoms with van der Waals surface area (Å²) in [4.78, 5) is 16.1. The maximum atomic E-state index is 9.89. The normalized spacial score (nSPS) is 13.0. The molecule has 0 saturated carbocycles. The number of aldehydes is 1. The van der Waals surface area contributed by atoms with Crippen molar-refractivity contribution in [3.63, 3.8) is 0 Å². The third-order valence-electron chi connectivity index (χ3n) is 0.928. The zero-order chi connectivity index (χ0) is 6.69. The number of H-pyrrole nitrogens is 1. The molecule has 0 aliphatic heterocycles. The van der Waals surface area contributed by atoms with Gasteiger partial charge in [0.2, 0.25) is 0 Å². The Hall–Kier alpha value is -1.16. The van der Waals surface area contributed by atoms with Gasteiger partial charge >= 0.3 is 0 Å². The van der Waals surface area contributed by atoms with Crippen molar-refractivity contribution < 1.29 is 9.90 Å². The minimum absolute atomic E-state index is 0.282. The van der Waals surface area contributed by atoms with Gasteiger partial charge in [-0.05, 0) is 0 Å². The predicted octanol–water partition coefficient (Wildman–Crippen LogP) is -0.358. The first kappa shape index (κ1) is 5.97. The maximum Gasteiger partial charge on any atom is 0.167 e. The topological polar surface area (TPSA) is 66.0 Å². The molecule has 0 spiro atoms. The number of carbonyl (C=O) groups excluding carboxylic acids is 1. The first-order chi connectivity index (χ1) is 4.34. The van der Waals surface area contributed by atoms with E-state index in [1.165, 1.54) is 6.20 Å². The Morgan fingerprint density at radius 3 is 3.11 bits per heavy atom. The van der Waals surface area contributed by atoms with Crippen molar-refractivity contribution in [2.45, 2.75) is 6.10 Å². The van der Waals surface area contributed by atoms with Crippen molar-refractivity contribution in [1.29, 1.82) is 0 Å². The van der Waals surface area contributed by atoms with Crippen molar-refractivity contribution in [2.75, 3.05) is 0 Å². The Labute approximate surface area is 51.5 Å². The van der Waals surface area contributed by atoms with E-state index in [0.717, 1.165) is 0 Å². The number of aromatic amines is 1. The molecule has 0 aliphatic rings. The van der Waals surface area contributed by atoms with Crippen LogP contribution in [0.1, 0.15) is 11.9 Å². The Bertz CT molecular complexity index is 183. The third kappa shape index (κ3) is 1.14. The summed E-state index contributed by atoms with van der Waals surface area (Å²) in [6, 6.07) is 0. The minimum atomic E-state index is -1.11. The number of nitrogens with one attached hydrogen (secondary N) is 1. The zero-order valence-electron chi connectivity index (χ0n) is 4.61. The summed E-state index contributed by atoms with van der Waals surface area (Å²) in [5.41, 5.74) is 0. The van der Waals surface area contributed by atoms with Gasteiger partial charge in [0.25, 0.3) is 0 Å². The average molecular weight is 126 g/mol. The lowest BCUT2D eigenvalue weighted by atomic mass is 10.4. The molecule has 0 bridgehead atoms. The lowest BCUT2D eigenvalue weighted by molar-refractivity contribution is -0.115. The molecule has 0 aromatic carbocycles. The van der Waals surface area contributed by atoms with E-state index in [1.807, 2.05) is 0 Å². The van der Waals surface area contributed by atoms with Gasteiger partial charge in [-0.15, -0.1) is 0 Å². The van der Waals surface area contributed by atoms with Gasteiger partial charge in [0, 0.05) is 12.4 Å². The highest BCUT2D eigenvalue weighted by atomic mass is 16.3. The van der Waals surface area contributed by atoms with Gasteiger partial charge in [-0.3, -0.25) is 4.79 Å². The largest absolute Gasteiger partial charge is 0.378 e. The molecule has 9 heavy (non-hydrogen) atoms. The van der Waals surface area contributed by atoms with Crippen LogP contribution in [0.15, 0.2) is 12.4 Å². The summed E-state index contributed by atoms with van der Waals surface area (Å²) < 4.78 is 0. The first-order valence-corrected chi connectivity index (χ1v) is 2.47. The zero-order valence-corrected chi connectivity index (χ0v) is 4.61.